The number of alkyl halides is 2. The summed E-state index contributed by atoms with van der Waals surface area (Å²) in [7, 11) is 0. The normalized spacial score (nSPS) is 10.1. The number of hydrogen-bond acceptors (Lipinski definition) is 3. The fourth-order valence-electron chi connectivity index (χ4n) is 1.23. The lowest BCUT2D eigenvalue weighted by molar-refractivity contribution is -0.136. The lowest BCUT2D eigenvalue weighted by Crippen LogP contribution is -2.19. The van der Waals surface area contributed by atoms with E-state index in [4.69, 9.17) is 10.4 Å². The number of aromatic nitrogens is 1. The summed E-state index contributed by atoms with van der Waals surface area (Å²) >= 11 is 0. The highest BCUT2D eigenvalue weighted by Crippen LogP contribution is 2.19. The van der Waals surface area contributed by atoms with Crippen molar-refractivity contribution in [2.75, 3.05) is 0 Å². The summed E-state index contributed by atoms with van der Waals surface area (Å²) in [5.41, 5.74) is -2.62. The van der Waals surface area contributed by atoms with Gasteiger partial charge in [0.05, 0.1) is 12.0 Å². The van der Waals surface area contributed by atoms with Gasteiger partial charge in [0.2, 0.25) is 0 Å². The van der Waals surface area contributed by atoms with Crippen LogP contribution in [0.4, 0.5) is 8.78 Å². The summed E-state index contributed by atoms with van der Waals surface area (Å²) < 4.78 is 25.0. The molecule has 0 atom stereocenters. The van der Waals surface area contributed by atoms with Gasteiger partial charge in [-0.05, 0) is 11.6 Å². The minimum atomic E-state index is -3.08. The van der Waals surface area contributed by atoms with Crippen molar-refractivity contribution in [3.63, 3.8) is 0 Å². The number of aliphatic carboxylic acids is 1. The Labute approximate surface area is 88.0 Å². The lowest BCUT2D eigenvalue weighted by Gasteiger charge is -2.05. The first kappa shape index (κ1) is 11.8. The summed E-state index contributed by atoms with van der Waals surface area (Å²) in [6.45, 7) is 0. The minimum absolute atomic E-state index is 0.245. The molecule has 1 aromatic rings. The number of nitrogens with one attached hydrogen (secondary N) is 1. The quantitative estimate of drug-likeness (QED) is 0.800. The Morgan fingerprint density at radius 3 is 2.69 bits per heavy atom. The molecule has 1 heterocycles. The second-order valence-corrected chi connectivity index (χ2v) is 2.93. The number of H-pyrrole nitrogens is 1. The van der Waals surface area contributed by atoms with Crippen molar-refractivity contribution in [1.82, 2.24) is 4.98 Å². The molecule has 0 aromatic carbocycles. The topological polar surface area (TPSA) is 93.9 Å². The van der Waals surface area contributed by atoms with E-state index in [1.165, 1.54) is 0 Å². The van der Waals surface area contributed by atoms with Crippen molar-refractivity contribution in [2.24, 2.45) is 0 Å². The Balaban J connectivity index is 3.41. The van der Waals surface area contributed by atoms with Gasteiger partial charge < -0.3 is 10.1 Å². The monoisotopic (exact) mass is 228 g/mol. The van der Waals surface area contributed by atoms with Crippen LogP contribution in [0.5, 0.6) is 0 Å². The number of aromatic amines is 1. The SMILES string of the molecule is N#Cc1cc(CC(=O)O)c(C(F)F)c(=O)[nH]1. The van der Waals surface area contributed by atoms with E-state index in [1.807, 2.05) is 4.98 Å². The van der Waals surface area contributed by atoms with Crippen LogP contribution in [0.3, 0.4) is 0 Å². The molecule has 0 aliphatic heterocycles. The summed E-state index contributed by atoms with van der Waals surface area (Å²) in [4.78, 5) is 23.5. The highest BCUT2D eigenvalue weighted by atomic mass is 19.3. The first-order valence-electron chi connectivity index (χ1n) is 4.12. The lowest BCUT2D eigenvalue weighted by atomic mass is 10.1. The van der Waals surface area contributed by atoms with E-state index in [0.717, 1.165) is 6.07 Å². The number of halogens is 2. The molecule has 0 unspecified atom stereocenters. The first-order chi connectivity index (χ1) is 7.45. The zero-order valence-corrected chi connectivity index (χ0v) is 7.83. The molecule has 1 rings (SSSR count). The van der Waals surface area contributed by atoms with Crippen molar-refractivity contribution in [3.8, 4) is 6.07 Å². The van der Waals surface area contributed by atoms with Crippen LogP contribution < -0.4 is 5.56 Å². The predicted molar refractivity (Wildman–Crippen MR) is 48.1 cm³/mol. The van der Waals surface area contributed by atoms with E-state index < -0.39 is 29.9 Å². The van der Waals surface area contributed by atoms with Gasteiger partial charge in [0, 0.05) is 0 Å². The number of carbonyl (C=O) groups is 1. The number of carboxylic acids is 1. The minimum Gasteiger partial charge on any atom is -0.481 e. The van der Waals surface area contributed by atoms with E-state index in [9.17, 15) is 18.4 Å². The van der Waals surface area contributed by atoms with Crippen LogP contribution in [-0.4, -0.2) is 16.1 Å². The molecular weight excluding hydrogens is 222 g/mol. The fourth-order valence-corrected chi connectivity index (χ4v) is 1.23. The Bertz CT molecular complexity index is 516. The van der Waals surface area contributed by atoms with E-state index >= 15 is 0 Å². The van der Waals surface area contributed by atoms with Crippen LogP contribution >= 0.6 is 0 Å². The molecule has 16 heavy (non-hydrogen) atoms. The molecule has 0 saturated heterocycles. The van der Waals surface area contributed by atoms with Gasteiger partial charge in [-0.15, -0.1) is 0 Å². The summed E-state index contributed by atoms with van der Waals surface area (Å²) in [5, 5.41) is 17.0. The molecule has 0 radical (unpaired) electrons. The summed E-state index contributed by atoms with van der Waals surface area (Å²) in [6, 6.07) is 2.50. The average molecular weight is 228 g/mol. The third-order valence-electron chi connectivity index (χ3n) is 1.84. The van der Waals surface area contributed by atoms with Crippen molar-refractivity contribution in [2.45, 2.75) is 12.8 Å². The number of rotatable bonds is 3. The average Bonchev–Trinajstić information content (AvgIpc) is 2.14. The van der Waals surface area contributed by atoms with Crippen LogP contribution in [0, 0.1) is 11.3 Å². The zero-order valence-electron chi connectivity index (χ0n) is 7.83. The number of nitriles is 1. The maximum Gasteiger partial charge on any atom is 0.307 e. The molecule has 0 amide bonds. The molecule has 0 bridgehead atoms. The molecule has 0 fully saturated rings. The molecule has 0 saturated carbocycles. The molecule has 0 aliphatic carbocycles. The van der Waals surface area contributed by atoms with Gasteiger partial charge in [0.15, 0.2) is 0 Å². The Hall–Kier alpha value is -2.23. The van der Waals surface area contributed by atoms with Crippen LogP contribution in [0.25, 0.3) is 0 Å². The third kappa shape index (κ3) is 2.42. The molecule has 2 N–H and O–H groups in total. The maximum absolute atomic E-state index is 12.5. The number of hydrogen-bond donors (Lipinski definition) is 2. The first-order valence-corrected chi connectivity index (χ1v) is 4.12. The van der Waals surface area contributed by atoms with Crippen LogP contribution in [0.1, 0.15) is 23.2 Å². The maximum atomic E-state index is 12.5. The smallest absolute Gasteiger partial charge is 0.307 e. The number of pyridine rings is 1. The Kier molecular flexibility index (Phi) is 3.35. The number of nitrogens with zero attached hydrogens (tertiary/aromatic N) is 1. The summed E-state index contributed by atoms with van der Waals surface area (Å²) in [6.07, 6.45) is -3.80. The van der Waals surface area contributed by atoms with Gasteiger partial charge in [-0.2, -0.15) is 5.26 Å². The molecule has 1 aromatic heterocycles. The van der Waals surface area contributed by atoms with Gasteiger partial charge in [0.25, 0.3) is 12.0 Å². The van der Waals surface area contributed by atoms with E-state index in [-0.39, 0.29) is 11.3 Å². The number of carboxylic acid groups (broad SMARTS) is 1. The largest absolute Gasteiger partial charge is 0.481 e. The molecule has 7 heteroatoms. The summed E-state index contributed by atoms with van der Waals surface area (Å²) in [5.74, 6) is -1.35. The second-order valence-electron chi connectivity index (χ2n) is 2.93. The van der Waals surface area contributed by atoms with Gasteiger partial charge in [-0.25, -0.2) is 8.78 Å². The van der Waals surface area contributed by atoms with Gasteiger partial charge in [0.1, 0.15) is 11.8 Å². The zero-order chi connectivity index (χ0) is 12.3. The highest BCUT2D eigenvalue weighted by molar-refractivity contribution is 5.70. The predicted octanol–water partition coefficient (Wildman–Crippen LogP) is 0.811. The fraction of sp³-hybridized carbons (Fsp3) is 0.222. The Morgan fingerprint density at radius 2 is 2.25 bits per heavy atom. The van der Waals surface area contributed by atoms with Crippen LogP contribution in [-0.2, 0) is 11.2 Å². The van der Waals surface area contributed by atoms with Crippen molar-refractivity contribution >= 4 is 5.97 Å². The van der Waals surface area contributed by atoms with Crippen molar-refractivity contribution < 1.29 is 18.7 Å². The van der Waals surface area contributed by atoms with Gasteiger partial charge in [-0.3, -0.25) is 9.59 Å². The van der Waals surface area contributed by atoms with Crippen molar-refractivity contribution in [3.05, 3.63) is 33.2 Å². The molecule has 84 valence electrons. The molecular formula is C9H6F2N2O3. The van der Waals surface area contributed by atoms with E-state index in [1.54, 1.807) is 6.07 Å². The Morgan fingerprint density at radius 1 is 1.62 bits per heavy atom. The van der Waals surface area contributed by atoms with Crippen molar-refractivity contribution in [1.29, 1.82) is 5.26 Å². The molecule has 0 aliphatic rings. The molecule has 0 spiro atoms. The highest BCUT2D eigenvalue weighted by Gasteiger charge is 2.20. The standard InChI is InChI=1S/C9H6F2N2O3/c10-8(11)7-4(2-6(14)15)1-5(3-12)13-9(7)16/h1,8H,2H2,(H,13,16)(H,14,15). The second kappa shape index (κ2) is 4.53. The third-order valence-corrected chi connectivity index (χ3v) is 1.84. The van der Waals surface area contributed by atoms with Gasteiger partial charge in [-0.1, -0.05) is 0 Å². The molecule has 5 nitrogen and oxygen atoms in total. The van der Waals surface area contributed by atoms with Gasteiger partial charge >= 0.3 is 5.97 Å². The van der Waals surface area contributed by atoms with E-state index in [2.05, 4.69) is 0 Å². The van der Waals surface area contributed by atoms with Crippen LogP contribution in [0.15, 0.2) is 10.9 Å². The van der Waals surface area contributed by atoms with E-state index in [0.29, 0.717) is 0 Å². The van der Waals surface area contributed by atoms with Crippen LogP contribution in [0.2, 0.25) is 0 Å².